The zero-order valence-electron chi connectivity index (χ0n) is 23.0. The second-order valence-corrected chi connectivity index (χ2v) is 9.83. The average molecular weight is 531 g/mol. The Kier molecular flexibility index (Phi) is 14.4. The Bertz CT molecular complexity index is 961. The molecular weight excluding hydrogens is 488 g/mol. The summed E-state index contributed by atoms with van der Waals surface area (Å²) in [7, 11) is 0. The summed E-state index contributed by atoms with van der Waals surface area (Å²) < 4.78 is 4.89. The fourth-order valence-electron chi connectivity index (χ4n) is 3.56. The number of nitrogens with two attached hydrogens (primary N) is 1. The third kappa shape index (κ3) is 13.0. The second kappa shape index (κ2) is 16.9. The van der Waals surface area contributed by atoms with Crippen molar-refractivity contribution in [2.24, 2.45) is 17.6 Å². The van der Waals surface area contributed by atoms with Crippen LogP contribution in [0.5, 0.6) is 0 Å². The molecule has 1 aromatic rings. The fraction of sp³-hybridized carbons (Fsp3) is 0.536. The van der Waals surface area contributed by atoms with Crippen LogP contribution in [0.2, 0.25) is 0 Å². The third-order valence-corrected chi connectivity index (χ3v) is 5.56. The van der Waals surface area contributed by atoms with Gasteiger partial charge in [-0.3, -0.25) is 19.2 Å². The van der Waals surface area contributed by atoms with Crippen LogP contribution in [-0.4, -0.2) is 54.3 Å². The molecular formula is C28H42N4O6. The van der Waals surface area contributed by atoms with E-state index in [9.17, 15) is 24.0 Å². The van der Waals surface area contributed by atoms with Gasteiger partial charge in [-0.15, -0.1) is 0 Å². The van der Waals surface area contributed by atoms with Crippen LogP contribution in [0.1, 0.15) is 59.4 Å². The van der Waals surface area contributed by atoms with E-state index in [4.69, 9.17) is 10.5 Å². The number of primary amides is 1. The molecule has 38 heavy (non-hydrogen) atoms. The van der Waals surface area contributed by atoms with Crippen molar-refractivity contribution in [3.05, 3.63) is 48.0 Å². The SMILES string of the molecule is CCOC(=O)/C=C/[C@H](CCC(N)=O)NC(=O)[C@H](Cc1ccccc1)NC(=O)[C@H](CC(C)C)NC(=O)C(C)C. The van der Waals surface area contributed by atoms with Crippen molar-refractivity contribution < 1.29 is 28.7 Å². The van der Waals surface area contributed by atoms with E-state index < -0.39 is 41.8 Å². The topological polar surface area (TPSA) is 157 Å². The molecule has 1 rings (SSSR count). The van der Waals surface area contributed by atoms with Crippen molar-refractivity contribution in [3.8, 4) is 0 Å². The van der Waals surface area contributed by atoms with E-state index in [2.05, 4.69) is 16.0 Å². The first-order valence-electron chi connectivity index (χ1n) is 13.0. The summed E-state index contributed by atoms with van der Waals surface area (Å²) in [6.45, 7) is 9.22. The third-order valence-electron chi connectivity index (χ3n) is 5.56. The summed E-state index contributed by atoms with van der Waals surface area (Å²) in [4.78, 5) is 62.2. The molecule has 0 aromatic heterocycles. The average Bonchev–Trinajstić information content (AvgIpc) is 2.85. The van der Waals surface area contributed by atoms with Gasteiger partial charge in [-0.1, -0.05) is 64.1 Å². The van der Waals surface area contributed by atoms with E-state index >= 15 is 0 Å². The molecule has 0 fully saturated rings. The molecule has 0 saturated carbocycles. The van der Waals surface area contributed by atoms with E-state index in [-0.39, 0.29) is 43.6 Å². The number of hydrogen-bond donors (Lipinski definition) is 4. The highest BCUT2D eigenvalue weighted by Crippen LogP contribution is 2.10. The summed E-state index contributed by atoms with van der Waals surface area (Å²) in [5, 5.41) is 8.37. The molecule has 0 heterocycles. The Morgan fingerprint density at radius 3 is 2.05 bits per heavy atom. The lowest BCUT2D eigenvalue weighted by molar-refractivity contribution is -0.137. The number of nitrogens with one attached hydrogen (secondary N) is 3. The Balaban J connectivity index is 3.17. The number of carbonyl (C=O) groups excluding carboxylic acids is 5. The summed E-state index contributed by atoms with van der Waals surface area (Å²) in [5.41, 5.74) is 6.09. The fourth-order valence-corrected chi connectivity index (χ4v) is 3.56. The summed E-state index contributed by atoms with van der Waals surface area (Å²) in [6.07, 6.45) is 3.34. The van der Waals surface area contributed by atoms with E-state index in [0.717, 1.165) is 5.56 Å². The molecule has 0 saturated heterocycles. The first-order chi connectivity index (χ1) is 17.9. The van der Waals surface area contributed by atoms with Crippen LogP contribution in [0.15, 0.2) is 42.5 Å². The van der Waals surface area contributed by atoms with Gasteiger partial charge in [0.1, 0.15) is 12.1 Å². The number of rotatable bonds is 16. The Labute approximate surface area is 225 Å². The first-order valence-corrected chi connectivity index (χ1v) is 13.0. The van der Waals surface area contributed by atoms with Gasteiger partial charge in [-0.05, 0) is 31.2 Å². The Morgan fingerprint density at radius 2 is 1.50 bits per heavy atom. The van der Waals surface area contributed by atoms with Crippen molar-refractivity contribution in [3.63, 3.8) is 0 Å². The van der Waals surface area contributed by atoms with Crippen LogP contribution >= 0.6 is 0 Å². The minimum atomic E-state index is -0.984. The number of amides is 4. The first kappa shape index (κ1) is 32.3. The minimum absolute atomic E-state index is 0.0223. The van der Waals surface area contributed by atoms with E-state index in [0.29, 0.717) is 6.42 Å². The smallest absolute Gasteiger partial charge is 0.330 e. The quantitative estimate of drug-likeness (QED) is 0.188. The molecule has 210 valence electrons. The zero-order valence-corrected chi connectivity index (χ0v) is 23.0. The molecule has 0 bridgehead atoms. The van der Waals surface area contributed by atoms with E-state index in [1.807, 2.05) is 44.2 Å². The van der Waals surface area contributed by atoms with Crippen molar-refractivity contribution in [1.82, 2.24) is 16.0 Å². The highest BCUT2D eigenvalue weighted by molar-refractivity contribution is 5.92. The zero-order chi connectivity index (χ0) is 28.7. The largest absolute Gasteiger partial charge is 0.463 e. The lowest BCUT2D eigenvalue weighted by Crippen LogP contribution is -2.56. The summed E-state index contributed by atoms with van der Waals surface area (Å²) in [5.74, 6) is -2.57. The van der Waals surface area contributed by atoms with Gasteiger partial charge in [-0.2, -0.15) is 0 Å². The van der Waals surface area contributed by atoms with Gasteiger partial charge < -0.3 is 26.4 Å². The lowest BCUT2D eigenvalue weighted by atomic mass is 10.00. The van der Waals surface area contributed by atoms with E-state index in [1.165, 1.54) is 12.2 Å². The van der Waals surface area contributed by atoms with Gasteiger partial charge in [0, 0.05) is 30.9 Å². The Hall–Kier alpha value is -3.69. The molecule has 10 heteroatoms. The number of ether oxygens (including phenoxy) is 1. The molecule has 0 aliphatic heterocycles. The predicted molar refractivity (Wildman–Crippen MR) is 144 cm³/mol. The minimum Gasteiger partial charge on any atom is -0.463 e. The van der Waals surface area contributed by atoms with Gasteiger partial charge in [0.05, 0.1) is 6.61 Å². The molecule has 0 aliphatic rings. The molecule has 0 aliphatic carbocycles. The standard InChI is InChI=1S/C28H42N4O6/c1-6-38-25(34)15-13-21(12-14-24(29)33)30-27(36)23(17-20-10-8-7-9-11-20)32-28(37)22(16-18(2)3)31-26(35)19(4)5/h7-11,13,15,18-19,21-23H,6,12,14,16-17H2,1-5H3,(H2,29,33)(H,30,36)(H,31,35)(H,32,37)/b15-13+/t21-,22-,23-/m0/s1. The maximum Gasteiger partial charge on any atom is 0.330 e. The molecule has 4 amide bonds. The summed E-state index contributed by atoms with van der Waals surface area (Å²) in [6, 6.07) is 6.67. The second-order valence-electron chi connectivity index (χ2n) is 9.83. The highest BCUT2D eigenvalue weighted by Gasteiger charge is 2.29. The number of carbonyl (C=O) groups is 5. The van der Waals surface area contributed by atoms with Crippen molar-refractivity contribution in [2.75, 3.05) is 6.61 Å². The predicted octanol–water partition coefficient (Wildman–Crippen LogP) is 1.77. The van der Waals surface area contributed by atoms with Crippen LogP contribution in [0.4, 0.5) is 0 Å². The van der Waals surface area contributed by atoms with Gasteiger partial charge in [0.15, 0.2) is 0 Å². The number of hydrogen-bond acceptors (Lipinski definition) is 6. The maximum absolute atomic E-state index is 13.4. The van der Waals surface area contributed by atoms with Crippen molar-refractivity contribution in [1.29, 1.82) is 0 Å². The monoisotopic (exact) mass is 530 g/mol. The van der Waals surface area contributed by atoms with Gasteiger partial charge in [0.2, 0.25) is 23.6 Å². The number of esters is 1. The maximum atomic E-state index is 13.4. The van der Waals surface area contributed by atoms with Crippen LogP contribution in [0.3, 0.4) is 0 Å². The normalized spacial score (nSPS) is 13.6. The summed E-state index contributed by atoms with van der Waals surface area (Å²) >= 11 is 0. The van der Waals surface area contributed by atoms with Crippen LogP contribution < -0.4 is 21.7 Å². The van der Waals surface area contributed by atoms with Crippen LogP contribution in [0.25, 0.3) is 0 Å². The van der Waals surface area contributed by atoms with Crippen LogP contribution in [0, 0.1) is 11.8 Å². The molecule has 1 aromatic carbocycles. The lowest BCUT2D eigenvalue weighted by Gasteiger charge is -2.26. The van der Waals surface area contributed by atoms with Crippen LogP contribution in [-0.2, 0) is 35.1 Å². The van der Waals surface area contributed by atoms with Gasteiger partial charge >= 0.3 is 5.97 Å². The van der Waals surface area contributed by atoms with Gasteiger partial charge in [0.25, 0.3) is 0 Å². The van der Waals surface area contributed by atoms with E-state index in [1.54, 1.807) is 20.8 Å². The number of benzene rings is 1. The Morgan fingerprint density at radius 1 is 0.895 bits per heavy atom. The molecule has 0 unspecified atom stereocenters. The molecule has 0 radical (unpaired) electrons. The van der Waals surface area contributed by atoms with Crippen molar-refractivity contribution in [2.45, 2.75) is 78.4 Å². The molecule has 10 nitrogen and oxygen atoms in total. The molecule has 5 N–H and O–H groups in total. The van der Waals surface area contributed by atoms with Crippen molar-refractivity contribution >= 4 is 29.6 Å². The molecule has 0 spiro atoms. The molecule has 3 atom stereocenters. The highest BCUT2D eigenvalue weighted by atomic mass is 16.5. The van der Waals surface area contributed by atoms with Gasteiger partial charge in [-0.25, -0.2) is 4.79 Å².